The van der Waals surface area contributed by atoms with Crippen LogP contribution in [-0.2, 0) is 23.9 Å². The van der Waals surface area contributed by atoms with E-state index < -0.39 is 29.6 Å². The summed E-state index contributed by atoms with van der Waals surface area (Å²) in [5.41, 5.74) is -0.577. The molecule has 204 valence electrons. The molecular formula is C29H36ClN3O5. The number of hydrogen-bond acceptors (Lipinski definition) is 5. The van der Waals surface area contributed by atoms with E-state index in [4.69, 9.17) is 21.1 Å². The van der Waals surface area contributed by atoms with E-state index in [2.05, 4.69) is 24.5 Å². The minimum atomic E-state index is -1.17. The van der Waals surface area contributed by atoms with Crippen LogP contribution in [0, 0.1) is 23.7 Å². The lowest BCUT2D eigenvalue weighted by Crippen LogP contribution is -2.58. The van der Waals surface area contributed by atoms with Crippen LogP contribution < -0.4 is 10.6 Å². The third-order valence-corrected chi connectivity index (χ3v) is 9.75. The van der Waals surface area contributed by atoms with Crippen LogP contribution in [0.25, 0.3) is 0 Å². The van der Waals surface area contributed by atoms with E-state index >= 15 is 0 Å². The van der Waals surface area contributed by atoms with Gasteiger partial charge in [-0.3, -0.25) is 14.4 Å². The van der Waals surface area contributed by atoms with E-state index in [9.17, 15) is 14.4 Å². The molecule has 1 spiro atoms. The third kappa shape index (κ3) is 4.25. The lowest BCUT2D eigenvalue weighted by Gasteiger charge is -2.38. The Bertz CT molecular complexity index is 1140. The van der Waals surface area contributed by atoms with Crippen LogP contribution >= 0.6 is 11.6 Å². The van der Waals surface area contributed by atoms with Crippen LogP contribution in [0.2, 0.25) is 5.02 Å². The highest BCUT2D eigenvalue weighted by molar-refractivity contribution is 6.30. The molecule has 9 heteroatoms. The van der Waals surface area contributed by atoms with Gasteiger partial charge in [-0.2, -0.15) is 0 Å². The number of hydrogen-bond donors (Lipinski definition) is 2. The number of nitrogens with one attached hydrogen (secondary N) is 2. The molecule has 1 aromatic rings. The van der Waals surface area contributed by atoms with Gasteiger partial charge in [0.1, 0.15) is 11.6 Å². The van der Waals surface area contributed by atoms with Crippen LogP contribution in [0.3, 0.4) is 0 Å². The van der Waals surface area contributed by atoms with Crippen molar-refractivity contribution in [3.8, 4) is 0 Å². The summed E-state index contributed by atoms with van der Waals surface area (Å²) in [5.74, 6) is -1.35. The summed E-state index contributed by atoms with van der Waals surface area (Å²) in [6, 6.07) is 6.06. The molecule has 3 amide bonds. The average Bonchev–Trinajstić information content (AvgIpc) is 3.66. The van der Waals surface area contributed by atoms with Gasteiger partial charge in [-0.15, -0.1) is 0 Å². The summed E-state index contributed by atoms with van der Waals surface area (Å²) in [5, 5.41) is 6.79. The minimum absolute atomic E-state index is 0.0490. The quantitative estimate of drug-likeness (QED) is 0.537. The van der Waals surface area contributed by atoms with E-state index in [1.54, 1.807) is 29.2 Å². The molecule has 2 bridgehead atoms. The fraction of sp³-hybridized carbons (Fsp3) is 0.621. The second-order valence-electron chi connectivity index (χ2n) is 11.7. The van der Waals surface area contributed by atoms with Gasteiger partial charge in [0.05, 0.1) is 24.0 Å². The highest BCUT2D eigenvalue weighted by Crippen LogP contribution is 2.55. The van der Waals surface area contributed by atoms with Gasteiger partial charge in [-0.1, -0.05) is 50.4 Å². The first-order valence-corrected chi connectivity index (χ1v) is 14.3. The van der Waals surface area contributed by atoms with Crippen molar-refractivity contribution in [3.05, 3.63) is 41.4 Å². The first kappa shape index (κ1) is 25.8. The second kappa shape index (κ2) is 9.96. The molecule has 9 atom stereocenters. The summed E-state index contributed by atoms with van der Waals surface area (Å²) in [4.78, 5) is 43.3. The second-order valence-corrected chi connectivity index (χ2v) is 12.1. The number of halogens is 1. The van der Waals surface area contributed by atoms with E-state index in [-0.39, 0.29) is 29.9 Å². The Morgan fingerprint density at radius 1 is 1.11 bits per heavy atom. The van der Waals surface area contributed by atoms with Crippen LogP contribution in [0.4, 0.5) is 5.69 Å². The maximum atomic E-state index is 14.1. The fourth-order valence-electron chi connectivity index (χ4n) is 7.28. The summed E-state index contributed by atoms with van der Waals surface area (Å²) < 4.78 is 12.3. The Balaban J connectivity index is 1.29. The number of carbonyl (C=O) groups is 3. The fourth-order valence-corrected chi connectivity index (χ4v) is 7.40. The van der Waals surface area contributed by atoms with Crippen molar-refractivity contribution in [1.29, 1.82) is 0 Å². The van der Waals surface area contributed by atoms with Gasteiger partial charge in [0.2, 0.25) is 17.7 Å². The molecule has 1 aliphatic carbocycles. The number of rotatable bonds is 6. The van der Waals surface area contributed by atoms with Gasteiger partial charge >= 0.3 is 0 Å². The van der Waals surface area contributed by atoms with Crippen LogP contribution in [-0.4, -0.2) is 65.7 Å². The molecule has 38 heavy (non-hydrogen) atoms. The van der Waals surface area contributed by atoms with Crippen LogP contribution in [0.15, 0.2) is 36.4 Å². The Labute approximate surface area is 228 Å². The smallest absolute Gasteiger partial charge is 0.246 e. The standard InChI is InChI=1S/C29H36ClN3O5/c1-16-5-3-7-21(17(16)2)32-27(35)25-29-13-12-22(38-29)23(26(34)31-19-10-8-18(30)9-11-19)24(29)28(36)33(25)15-20-6-4-14-37-20/h8-13,16-17,20-25H,3-7,14-15H2,1-2H3,(H,31,34)(H,32,35)/t16-,17+,20+,21+,22-,23-,24-,25+,29+/m1/s1. The number of benzene rings is 1. The monoisotopic (exact) mass is 541 g/mol. The summed E-state index contributed by atoms with van der Waals surface area (Å²) in [6.45, 7) is 5.39. The number of amides is 3. The lowest BCUT2D eigenvalue weighted by molar-refractivity contribution is -0.143. The first-order chi connectivity index (χ1) is 18.3. The number of carbonyl (C=O) groups excluding carboxylic acids is 3. The average molecular weight is 542 g/mol. The van der Waals surface area contributed by atoms with Crippen molar-refractivity contribution in [2.45, 2.75) is 75.8 Å². The molecule has 0 aromatic heterocycles. The van der Waals surface area contributed by atoms with Crippen molar-refractivity contribution in [1.82, 2.24) is 10.2 Å². The van der Waals surface area contributed by atoms with Crippen molar-refractivity contribution >= 4 is 35.0 Å². The minimum Gasteiger partial charge on any atom is -0.376 e. The molecule has 5 aliphatic rings. The molecule has 0 radical (unpaired) electrons. The molecule has 2 N–H and O–H groups in total. The lowest BCUT2D eigenvalue weighted by atomic mass is 9.73. The molecule has 8 nitrogen and oxygen atoms in total. The van der Waals surface area contributed by atoms with Crippen molar-refractivity contribution < 1.29 is 23.9 Å². The zero-order chi connectivity index (χ0) is 26.6. The number of anilines is 1. The van der Waals surface area contributed by atoms with Gasteiger partial charge in [0, 0.05) is 29.9 Å². The largest absolute Gasteiger partial charge is 0.376 e. The highest BCUT2D eigenvalue weighted by atomic mass is 35.5. The predicted octanol–water partition coefficient (Wildman–Crippen LogP) is 3.55. The van der Waals surface area contributed by atoms with E-state index in [0.29, 0.717) is 35.7 Å². The number of fused-ring (bicyclic) bond motifs is 1. The van der Waals surface area contributed by atoms with E-state index in [1.807, 2.05) is 12.2 Å². The molecule has 4 aliphatic heterocycles. The molecule has 6 rings (SSSR count). The van der Waals surface area contributed by atoms with Crippen molar-refractivity contribution in [2.24, 2.45) is 23.7 Å². The van der Waals surface area contributed by atoms with Gasteiger partial charge < -0.3 is 25.0 Å². The maximum absolute atomic E-state index is 14.1. The zero-order valence-corrected chi connectivity index (χ0v) is 22.7. The topological polar surface area (TPSA) is 97.0 Å². The van der Waals surface area contributed by atoms with E-state index in [0.717, 1.165) is 32.1 Å². The molecule has 1 aromatic carbocycles. The van der Waals surface area contributed by atoms with Crippen LogP contribution in [0.5, 0.6) is 0 Å². The molecule has 3 saturated heterocycles. The summed E-state index contributed by atoms with van der Waals surface area (Å²) in [6.07, 6.45) is 7.93. The normalized spacial score (nSPS) is 39.4. The Morgan fingerprint density at radius 3 is 2.63 bits per heavy atom. The predicted molar refractivity (Wildman–Crippen MR) is 142 cm³/mol. The number of ether oxygens (including phenoxy) is 2. The molecule has 4 heterocycles. The Morgan fingerprint density at radius 2 is 1.89 bits per heavy atom. The van der Waals surface area contributed by atoms with Crippen molar-refractivity contribution in [3.63, 3.8) is 0 Å². The van der Waals surface area contributed by atoms with Crippen LogP contribution in [0.1, 0.15) is 46.0 Å². The van der Waals surface area contributed by atoms with Gasteiger partial charge in [-0.05, 0) is 55.4 Å². The highest BCUT2D eigenvalue weighted by Gasteiger charge is 2.73. The van der Waals surface area contributed by atoms with E-state index in [1.165, 1.54) is 0 Å². The third-order valence-electron chi connectivity index (χ3n) is 9.50. The molecule has 4 fully saturated rings. The Hall–Kier alpha value is -2.42. The zero-order valence-electron chi connectivity index (χ0n) is 21.9. The number of nitrogens with zero attached hydrogens (tertiary/aromatic N) is 1. The van der Waals surface area contributed by atoms with Gasteiger partial charge in [0.15, 0.2) is 0 Å². The summed E-state index contributed by atoms with van der Waals surface area (Å²) >= 11 is 6.00. The molecule has 1 saturated carbocycles. The molecular weight excluding hydrogens is 506 g/mol. The summed E-state index contributed by atoms with van der Waals surface area (Å²) in [7, 11) is 0. The SMILES string of the molecule is C[C@H]1[C@H](C)CCC[C@@H]1NC(=O)[C@@H]1N(C[C@@H]2CCCO2)C(=O)[C@H]2[C@H](C(=O)Nc3ccc(Cl)cc3)[C@H]3C=C[C@@]12O3. The Kier molecular flexibility index (Phi) is 6.77. The first-order valence-electron chi connectivity index (χ1n) is 13.9. The maximum Gasteiger partial charge on any atom is 0.246 e. The van der Waals surface area contributed by atoms with Crippen molar-refractivity contribution in [2.75, 3.05) is 18.5 Å². The number of likely N-dealkylation sites (tertiary alicyclic amines) is 1. The molecule has 0 unspecified atom stereocenters. The van der Waals surface area contributed by atoms with Gasteiger partial charge in [0.25, 0.3) is 0 Å². The van der Waals surface area contributed by atoms with Gasteiger partial charge in [-0.25, -0.2) is 0 Å².